The van der Waals surface area contributed by atoms with Crippen molar-refractivity contribution < 1.29 is 14.6 Å². The summed E-state index contributed by atoms with van der Waals surface area (Å²) < 4.78 is 11.2. The molecular formula is C14H22O3. The Kier molecular flexibility index (Phi) is 3.71. The standard InChI is InChI=1S/C14H22O3/c1-4-5-6-10(2)12-13(16-3)11(15)7-8-14(12)9-17-14/h4,6,11-13,15H,1,5,7-9H2,2-3H3/b10-6+/t11-,12+,13-,14+/m1/s1. The highest BCUT2D eigenvalue weighted by molar-refractivity contribution is 5.21. The average Bonchev–Trinajstić information content (AvgIpc) is 3.09. The van der Waals surface area contributed by atoms with Gasteiger partial charge in [-0.3, -0.25) is 0 Å². The van der Waals surface area contributed by atoms with Crippen LogP contribution in [-0.2, 0) is 9.47 Å². The number of methoxy groups -OCH3 is 1. The zero-order valence-electron chi connectivity index (χ0n) is 10.7. The Morgan fingerprint density at radius 3 is 2.88 bits per heavy atom. The molecule has 1 saturated heterocycles. The minimum Gasteiger partial charge on any atom is -0.390 e. The fourth-order valence-corrected chi connectivity index (χ4v) is 3.01. The lowest BCUT2D eigenvalue weighted by molar-refractivity contribution is -0.0849. The first kappa shape index (κ1) is 12.8. The van der Waals surface area contributed by atoms with E-state index >= 15 is 0 Å². The van der Waals surface area contributed by atoms with Gasteiger partial charge in [0, 0.05) is 13.0 Å². The second-order valence-electron chi connectivity index (χ2n) is 5.11. The van der Waals surface area contributed by atoms with Gasteiger partial charge in [-0.15, -0.1) is 6.58 Å². The van der Waals surface area contributed by atoms with Crippen molar-refractivity contribution in [2.75, 3.05) is 13.7 Å². The van der Waals surface area contributed by atoms with Crippen molar-refractivity contribution in [3.8, 4) is 0 Å². The van der Waals surface area contributed by atoms with Crippen molar-refractivity contribution >= 4 is 0 Å². The zero-order chi connectivity index (χ0) is 12.5. The van der Waals surface area contributed by atoms with Gasteiger partial charge in [0.05, 0.1) is 18.8 Å². The van der Waals surface area contributed by atoms with Crippen molar-refractivity contribution in [3.63, 3.8) is 0 Å². The monoisotopic (exact) mass is 238 g/mol. The van der Waals surface area contributed by atoms with Crippen LogP contribution in [0.3, 0.4) is 0 Å². The van der Waals surface area contributed by atoms with Crippen LogP contribution in [0.2, 0.25) is 0 Å². The Bertz CT molecular complexity index is 317. The van der Waals surface area contributed by atoms with Crippen molar-refractivity contribution in [2.45, 2.75) is 44.0 Å². The Labute approximate surface area is 103 Å². The molecule has 1 aliphatic heterocycles. The summed E-state index contributed by atoms with van der Waals surface area (Å²) in [4.78, 5) is 0. The number of allylic oxidation sites excluding steroid dienone is 2. The first-order valence-corrected chi connectivity index (χ1v) is 6.27. The predicted molar refractivity (Wildman–Crippen MR) is 66.8 cm³/mol. The van der Waals surface area contributed by atoms with Crippen molar-refractivity contribution in [2.24, 2.45) is 5.92 Å². The molecule has 0 aromatic carbocycles. The number of epoxide rings is 1. The predicted octanol–water partition coefficient (Wildman–Crippen LogP) is 2.06. The topological polar surface area (TPSA) is 42.0 Å². The van der Waals surface area contributed by atoms with Gasteiger partial charge < -0.3 is 14.6 Å². The first-order chi connectivity index (χ1) is 8.14. The third kappa shape index (κ3) is 2.32. The fourth-order valence-electron chi connectivity index (χ4n) is 3.01. The highest BCUT2D eigenvalue weighted by Gasteiger charge is 2.58. The van der Waals surface area contributed by atoms with Crippen LogP contribution in [0.15, 0.2) is 24.3 Å². The molecule has 1 heterocycles. The zero-order valence-corrected chi connectivity index (χ0v) is 10.7. The summed E-state index contributed by atoms with van der Waals surface area (Å²) in [6.07, 6.45) is 6.06. The summed E-state index contributed by atoms with van der Waals surface area (Å²) in [5.74, 6) is 0.177. The molecule has 3 nitrogen and oxygen atoms in total. The van der Waals surface area contributed by atoms with E-state index in [0.717, 1.165) is 25.9 Å². The highest BCUT2D eigenvalue weighted by Crippen LogP contribution is 2.50. The quantitative estimate of drug-likeness (QED) is 0.602. The van der Waals surface area contributed by atoms with Crippen LogP contribution >= 0.6 is 0 Å². The Morgan fingerprint density at radius 2 is 2.35 bits per heavy atom. The number of rotatable bonds is 4. The van der Waals surface area contributed by atoms with Crippen LogP contribution < -0.4 is 0 Å². The van der Waals surface area contributed by atoms with E-state index in [2.05, 4.69) is 19.6 Å². The fraction of sp³-hybridized carbons (Fsp3) is 0.714. The summed E-state index contributed by atoms with van der Waals surface area (Å²) in [6.45, 7) is 6.62. The number of aliphatic hydroxyl groups is 1. The van der Waals surface area contributed by atoms with Gasteiger partial charge in [0.2, 0.25) is 0 Å². The molecule has 4 atom stereocenters. The number of ether oxygens (including phenoxy) is 2. The SMILES string of the molecule is C=CC/C=C(\C)[C@H]1[C@H](OC)[C@H](O)CC[C@]12CO2. The Balaban J connectivity index is 2.21. The summed E-state index contributed by atoms with van der Waals surface area (Å²) in [7, 11) is 1.67. The molecule has 1 saturated carbocycles. The van der Waals surface area contributed by atoms with Gasteiger partial charge in [0.1, 0.15) is 5.60 Å². The van der Waals surface area contributed by atoms with E-state index in [9.17, 15) is 5.11 Å². The molecule has 17 heavy (non-hydrogen) atoms. The van der Waals surface area contributed by atoms with E-state index in [-0.39, 0.29) is 23.7 Å². The molecule has 0 radical (unpaired) electrons. The van der Waals surface area contributed by atoms with E-state index in [1.54, 1.807) is 7.11 Å². The molecule has 96 valence electrons. The van der Waals surface area contributed by atoms with E-state index in [0.29, 0.717) is 0 Å². The molecule has 0 unspecified atom stereocenters. The van der Waals surface area contributed by atoms with Crippen molar-refractivity contribution in [1.29, 1.82) is 0 Å². The number of hydrogen-bond donors (Lipinski definition) is 1. The summed E-state index contributed by atoms with van der Waals surface area (Å²) >= 11 is 0. The maximum Gasteiger partial charge on any atom is 0.101 e. The largest absolute Gasteiger partial charge is 0.390 e. The van der Waals surface area contributed by atoms with Crippen molar-refractivity contribution in [1.82, 2.24) is 0 Å². The average molecular weight is 238 g/mol. The smallest absolute Gasteiger partial charge is 0.101 e. The van der Waals surface area contributed by atoms with Crippen LogP contribution in [-0.4, -0.2) is 36.6 Å². The van der Waals surface area contributed by atoms with Crippen LogP contribution in [0.4, 0.5) is 0 Å². The van der Waals surface area contributed by atoms with Gasteiger partial charge in [-0.1, -0.05) is 17.7 Å². The third-order valence-corrected chi connectivity index (χ3v) is 4.02. The Morgan fingerprint density at radius 1 is 1.65 bits per heavy atom. The molecule has 0 bridgehead atoms. The summed E-state index contributed by atoms with van der Waals surface area (Å²) in [5, 5.41) is 10.0. The van der Waals surface area contributed by atoms with Gasteiger partial charge in [0.15, 0.2) is 0 Å². The lowest BCUT2D eigenvalue weighted by atomic mass is 9.72. The molecule has 2 aliphatic rings. The van der Waals surface area contributed by atoms with Crippen LogP contribution in [0.25, 0.3) is 0 Å². The van der Waals surface area contributed by atoms with E-state index < -0.39 is 0 Å². The molecular weight excluding hydrogens is 216 g/mol. The van der Waals surface area contributed by atoms with Gasteiger partial charge in [-0.2, -0.15) is 0 Å². The van der Waals surface area contributed by atoms with Crippen LogP contribution in [0.5, 0.6) is 0 Å². The molecule has 1 spiro atoms. The van der Waals surface area contributed by atoms with E-state index in [4.69, 9.17) is 9.47 Å². The molecule has 0 amide bonds. The van der Waals surface area contributed by atoms with Gasteiger partial charge in [-0.25, -0.2) is 0 Å². The lowest BCUT2D eigenvalue weighted by Gasteiger charge is -2.39. The molecule has 1 aliphatic carbocycles. The van der Waals surface area contributed by atoms with Crippen molar-refractivity contribution in [3.05, 3.63) is 24.3 Å². The van der Waals surface area contributed by atoms with E-state index in [1.165, 1.54) is 5.57 Å². The number of hydrogen-bond acceptors (Lipinski definition) is 3. The third-order valence-electron chi connectivity index (χ3n) is 4.02. The van der Waals surface area contributed by atoms with Crippen LogP contribution in [0, 0.1) is 5.92 Å². The maximum atomic E-state index is 10.0. The second-order valence-corrected chi connectivity index (χ2v) is 5.11. The lowest BCUT2D eigenvalue weighted by Crippen LogP contribution is -2.48. The van der Waals surface area contributed by atoms with Gasteiger partial charge >= 0.3 is 0 Å². The Hall–Kier alpha value is -0.640. The second kappa shape index (κ2) is 4.92. The first-order valence-electron chi connectivity index (χ1n) is 6.27. The molecule has 2 fully saturated rings. The van der Waals surface area contributed by atoms with E-state index in [1.807, 2.05) is 6.08 Å². The normalized spacial score (nSPS) is 41.6. The minimum atomic E-state index is -0.382. The van der Waals surface area contributed by atoms with Crippen LogP contribution in [0.1, 0.15) is 26.2 Å². The summed E-state index contributed by atoms with van der Waals surface area (Å²) in [6, 6.07) is 0. The molecule has 1 N–H and O–H groups in total. The highest BCUT2D eigenvalue weighted by atomic mass is 16.6. The molecule has 0 aromatic rings. The molecule has 0 aromatic heterocycles. The minimum absolute atomic E-state index is 0.0678. The molecule has 3 heteroatoms. The van der Waals surface area contributed by atoms with Gasteiger partial charge in [-0.05, 0) is 26.2 Å². The summed E-state index contributed by atoms with van der Waals surface area (Å²) in [5.41, 5.74) is 1.18. The van der Waals surface area contributed by atoms with Gasteiger partial charge in [0.25, 0.3) is 0 Å². The number of aliphatic hydroxyl groups excluding tert-OH is 1. The maximum absolute atomic E-state index is 10.0. The molecule has 2 rings (SSSR count).